The second-order valence-electron chi connectivity index (χ2n) is 2.55. The molecule has 0 bridgehead atoms. The van der Waals surface area contributed by atoms with Crippen molar-refractivity contribution < 1.29 is 5.11 Å². The van der Waals surface area contributed by atoms with Gasteiger partial charge in [0.2, 0.25) is 0 Å². The summed E-state index contributed by atoms with van der Waals surface area (Å²) < 4.78 is 0. The zero-order valence-corrected chi connectivity index (χ0v) is 7.80. The van der Waals surface area contributed by atoms with E-state index in [4.69, 9.17) is 18.0 Å². The molecule has 68 valence electrons. The van der Waals surface area contributed by atoms with Crippen LogP contribution in [-0.2, 0) is 6.54 Å². The molecule has 0 atom stereocenters. The lowest BCUT2D eigenvalue weighted by atomic mass is 10.2. The van der Waals surface area contributed by atoms with Crippen molar-refractivity contribution in [2.24, 2.45) is 0 Å². The van der Waals surface area contributed by atoms with Gasteiger partial charge in [0.25, 0.3) is 0 Å². The van der Waals surface area contributed by atoms with E-state index < -0.39 is 0 Å². The highest BCUT2D eigenvalue weighted by Gasteiger charge is 2.03. The van der Waals surface area contributed by atoms with E-state index in [-0.39, 0.29) is 5.75 Å². The molecule has 1 rings (SSSR count). The molecular weight excluding hydrogens is 186 g/mol. The molecule has 0 aliphatic carbocycles. The highest BCUT2D eigenvalue weighted by Crippen LogP contribution is 2.24. The Morgan fingerprint density at radius 3 is 2.92 bits per heavy atom. The lowest BCUT2D eigenvalue weighted by Gasteiger charge is -2.06. The second-order valence-corrected chi connectivity index (χ2v) is 2.95. The summed E-state index contributed by atoms with van der Waals surface area (Å²) >= 11 is 5.86. The van der Waals surface area contributed by atoms with Gasteiger partial charge in [-0.1, -0.05) is 23.6 Å². The summed E-state index contributed by atoms with van der Waals surface area (Å²) in [5.41, 5.74) is 0.680. The molecule has 0 aliphatic rings. The van der Waals surface area contributed by atoms with E-state index in [2.05, 4.69) is 11.2 Å². The van der Waals surface area contributed by atoms with Crippen molar-refractivity contribution >= 4 is 11.6 Å². The minimum absolute atomic E-state index is 0.192. The highest BCUT2D eigenvalue weighted by molar-refractivity contribution is 6.31. The number of hydrogen-bond donors (Lipinski definition) is 2. The molecule has 3 heteroatoms. The Labute approximate surface area is 82.5 Å². The lowest BCUT2D eigenvalue weighted by Crippen LogP contribution is -2.13. The Kier molecular flexibility index (Phi) is 3.63. The first kappa shape index (κ1) is 9.91. The fourth-order valence-corrected chi connectivity index (χ4v) is 1.22. The first-order valence-electron chi connectivity index (χ1n) is 3.86. The van der Waals surface area contributed by atoms with Crippen LogP contribution in [0.4, 0.5) is 0 Å². The maximum Gasteiger partial charge on any atom is 0.121 e. The minimum atomic E-state index is 0.192. The smallest absolute Gasteiger partial charge is 0.121 e. The number of hydrogen-bond acceptors (Lipinski definition) is 2. The first-order chi connectivity index (χ1) is 6.25. The van der Waals surface area contributed by atoms with E-state index in [0.29, 0.717) is 23.7 Å². The Hall–Kier alpha value is -1.17. The summed E-state index contributed by atoms with van der Waals surface area (Å²) in [6.07, 6.45) is 5.06. The van der Waals surface area contributed by atoms with Crippen LogP contribution >= 0.6 is 11.6 Å². The van der Waals surface area contributed by atoms with Gasteiger partial charge in [-0.3, -0.25) is 0 Å². The molecule has 0 spiro atoms. The average molecular weight is 196 g/mol. The van der Waals surface area contributed by atoms with Gasteiger partial charge in [0.05, 0.1) is 6.54 Å². The fourth-order valence-electron chi connectivity index (χ4n) is 0.982. The van der Waals surface area contributed by atoms with Crippen LogP contribution in [0.1, 0.15) is 5.56 Å². The van der Waals surface area contributed by atoms with E-state index >= 15 is 0 Å². The van der Waals surface area contributed by atoms with Crippen molar-refractivity contribution in [2.75, 3.05) is 6.54 Å². The van der Waals surface area contributed by atoms with Crippen LogP contribution in [0.15, 0.2) is 18.2 Å². The third-order valence-corrected chi connectivity index (χ3v) is 1.98. The Morgan fingerprint density at radius 1 is 1.54 bits per heavy atom. The third kappa shape index (κ3) is 2.66. The maximum atomic E-state index is 9.41. The number of benzene rings is 1. The summed E-state index contributed by atoms with van der Waals surface area (Å²) in [7, 11) is 0. The van der Waals surface area contributed by atoms with Crippen LogP contribution in [0.2, 0.25) is 5.02 Å². The lowest BCUT2D eigenvalue weighted by molar-refractivity contribution is 0.465. The van der Waals surface area contributed by atoms with Gasteiger partial charge >= 0.3 is 0 Å². The monoisotopic (exact) mass is 195 g/mol. The molecule has 0 fully saturated rings. The standard InChI is InChI=1S/C10H10ClNO/c1-2-6-12-7-8-9(11)4-3-5-10(8)13/h1,3-5,12-13H,6-7H2. The van der Waals surface area contributed by atoms with Gasteiger partial charge in [0.15, 0.2) is 0 Å². The largest absolute Gasteiger partial charge is 0.508 e. The molecule has 2 nitrogen and oxygen atoms in total. The molecule has 0 saturated heterocycles. The van der Waals surface area contributed by atoms with Crippen molar-refractivity contribution in [3.8, 4) is 18.1 Å². The molecule has 0 heterocycles. The second kappa shape index (κ2) is 4.76. The van der Waals surface area contributed by atoms with Crippen LogP contribution in [0.5, 0.6) is 5.75 Å². The van der Waals surface area contributed by atoms with Crippen LogP contribution < -0.4 is 5.32 Å². The van der Waals surface area contributed by atoms with Crippen LogP contribution in [0, 0.1) is 12.3 Å². The molecular formula is C10H10ClNO. The zero-order valence-electron chi connectivity index (χ0n) is 7.05. The summed E-state index contributed by atoms with van der Waals surface area (Å²) in [6, 6.07) is 5.02. The fraction of sp³-hybridized carbons (Fsp3) is 0.200. The number of halogens is 1. The van der Waals surface area contributed by atoms with Crippen molar-refractivity contribution in [2.45, 2.75) is 6.54 Å². The molecule has 2 N–H and O–H groups in total. The van der Waals surface area contributed by atoms with Crippen molar-refractivity contribution in [3.05, 3.63) is 28.8 Å². The molecule has 0 unspecified atom stereocenters. The van der Waals surface area contributed by atoms with Crippen molar-refractivity contribution in [1.82, 2.24) is 5.32 Å². The molecule has 0 aliphatic heterocycles. The van der Waals surface area contributed by atoms with Gasteiger partial charge in [-0.25, -0.2) is 0 Å². The summed E-state index contributed by atoms with van der Waals surface area (Å²) in [6.45, 7) is 0.945. The third-order valence-electron chi connectivity index (χ3n) is 1.62. The van der Waals surface area contributed by atoms with Gasteiger partial charge in [-0.05, 0) is 12.1 Å². The maximum absolute atomic E-state index is 9.41. The number of aromatic hydroxyl groups is 1. The first-order valence-corrected chi connectivity index (χ1v) is 4.24. The molecule has 0 radical (unpaired) electrons. The minimum Gasteiger partial charge on any atom is -0.508 e. The summed E-state index contributed by atoms with van der Waals surface area (Å²) in [4.78, 5) is 0. The van der Waals surface area contributed by atoms with Crippen molar-refractivity contribution in [3.63, 3.8) is 0 Å². The van der Waals surface area contributed by atoms with E-state index in [9.17, 15) is 5.11 Å². The van der Waals surface area contributed by atoms with E-state index in [1.807, 2.05) is 0 Å². The number of phenolic OH excluding ortho intramolecular Hbond substituents is 1. The number of rotatable bonds is 3. The Morgan fingerprint density at radius 2 is 2.31 bits per heavy atom. The number of nitrogens with one attached hydrogen (secondary N) is 1. The van der Waals surface area contributed by atoms with Crippen molar-refractivity contribution in [1.29, 1.82) is 0 Å². The SMILES string of the molecule is C#CCNCc1c(O)cccc1Cl. The average Bonchev–Trinajstić information content (AvgIpc) is 2.10. The van der Waals surface area contributed by atoms with Gasteiger partial charge in [0.1, 0.15) is 5.75 Å². The van der Waals surface area contributed by atoms with Gasteiger partial charge in [0, 0.05) is 17.1 Å². The quantitative estimate of drug-likeness (QED) is 0.569. The Balaban J connectivity index is 2.71. The molecule has 0 saturated carbocycles. The van der Waals surface area contributed by atoms with Gasteiger partial charge in [-0.2, -0.15) is 0 Å². The summed E-state index contributed by atoms with van der Waals surface area (Å²) in [5.74, 6) is 2.63. The van der Waals surface area contributed by atoms with Crippen LogP contribution in [-0.4, -0.2) is 11.7 Å². The summed E-state index contributed by atoms with van der Waals surface area (Å²) in [5, 5.41) is 12.9. The van der Waals surface area contributed by atoms with Gasteiger partial charge in [-0.15, -0.1) is 6.42 Å². The zero-order chi connectivity index (χ0) is 9.68. The molecule has 1 aromatic carbocycles. The topological polar surface area (TPSA) is 32.3 Å². The molecule has 1 aromatic rings. The van der Waals surface area contributed by atoms with Gasteiger partial charge < -0.3 is 10.4 Å². The number of terminal acetylenes is 1. The molecule has 0 aromatic heterocycles. The highest BCUT2D eigenvalue weighted by atomic mass is 35.5. The Bertz CT molecular complexity index is 310. The molecule has 0 amide bonds. The van der Waals surface area contributed by atoms with Crippen LogP contribution in [0.3, 0.4) is 0 Å². The molecule has 13 heavy (non-hydrogen) atoms. The van der Waals surface area contributed by atoms with E-state index in [1.165, 1.54) is 0 Å². The van der Waals surface area contributed by atoms with E-state index in [0.717, 1.165) is 0 Å². The van der Waals surface area contributed by atoms with E-state index in [1.54, 1.807) is 18.2 Å². The predicted octanol–water partition coefficient (Wildman–Crippen LogP) is 1.77. The predicted molar refractivity (Wildman–Crippen MR) is 53.7 cm³/mol. The number of phenols is 1. The normalized spacial score (nSPS) is 9.54. The van der Waals surface area contributed by atoms with Crippen LogP contribution in [0.25, 0.3) is 0 Å².